The van der Waals surface area contributed by atoms with Crippen molar-refractivity contribution in [2.24, 2.45) is 17.8 Å². The first-order chi connectivity index (χ1) is 25.3. The second kappa shape index (κ2) is 12.7. The number of halogens is 3. The largest absolute Gasteiger partial charge is 0.337 e. The highest BCUT2D eigenvalue weighted by Gasteiger charge is 2.55. The molecule has 4 aromatic rings. The molecule has 6 unspecified atom stereocenters. The van der Waals surface area contributed by atoms with Gasteiger partial charge in [0, 0.05) is 83.4 Å². The SMILES string of the molecule is Cc1nc2c(F)c(-c3cccc(Cl)c3Cl)c(CCC#N)cc2c2c1cc(C1C3CC(CN(C4CCCCC4)C3)N1C(=O)C1CC1)n2C1C2CNC1C2. The molecule has 1 N–H and O–H groups in total. The molecule has 7 nitrogen and oxygen atoms in total. The second-order valence-electron chi connectivity index (χ2n) is 16.6. The third kappa shape index (κ3) is 5.09. The summed E-state index contributed by atoms with van der Waals surface area (Å²) >= 11 is 13.2. The van der Waals surface area contributed by atoms with E-state index in [4.69, 9.17) is 28.2 Å². The maximum absolute atomic E-state index is 17.3. The number of nitriles is 1. The minimum Gasteiger partial charge on any atom is -0.337 e. The van der Waals surface area contributed by atoms with Crippen LogP contribution in [-0.2, 0) is 11.2 Å². The van der Waals surface area contributed by atoms with Crippen molar-refractivity contribution < 1.29 is 9.18 Å². The van der Waals surface area contributed by atoms with Gasteiger partial charge in [0.25, 0.3) is 0 Å². The third-order valence-electron chi connectivity index (χ3n) is 13.6. The van der Waals surface area contributed by atoms with Crippen molar-refractivity contribution in [3.8, 4) is 17.2 Å². The van der Waals surface area contributed by atoms with E-state index in [9.17, 15) is 10.1 Å². The Hall–Kier alpha value is -3.22. The van der Waals surface area contributed by atoms with Crippen LogP contribution >= 0.6 is 23.2 Å². The van der Waals surface area contributed by atoms with Crippen LogP contribution in [0.4, 0.5) is 4.39 Å². The summed E-state index contributed by atoms with van der Waals surface area (Å²) in [6, 6.07) is 13.3. The normalized spacial score (nSPS) is 28.9. The van der Waals surface area contributed by atoms with E-state index < -0.39 is 5.82 Å². The number of likely N-dealkylation sites (tertiary alicyclic amines) is 2. The molecule has 11 rings (SSSR count). The van der Waals surface area contributed by atoms with Crippen molar-refractivity contribution in [2.45, 2.75) is 108 Å². The molecule has 6 atom stereocenters. The number of nitrogens with one attached hydrogen (secondary N) is 1. The Bertz CT molecular complexity index is 2150. The van der Waals surface area contributed by atoms with Crippen LogP contribution in [0.5, 0.6) is 0 Å². The van der Waals surface area contributed by atoms with Crippen molar-refractivity contribution >= 4 is 50.9 Å². The van der Waals surface area contributed by atoms with Gasteiger partial charge in [0.05, 0.1) is 33.7 Å². The predicted molar refractivity (Wildman–Crippen MR) is 203 cm³/mol. The fraction of sp³-hybridized carbons (Fsp3) is 0.548. The van der Waals surface area contributed by atoms with Gasteiger partial charge in [-0.1, -0.05) is 54.6 Å². The van der Waals surface area contributed by atoms with Crippen molar-refractivity contribution in [2.75, 3.05) is 19.6 Å². The Balaban J connectivity index is 1.20. The summed E-state index contributed by atoms with van der Waals surface area (Å²) < 4.78 is 19.8. The van der Waals surface area contributed by atoms with Crippen molar-refractivity contribution in [1.29, 1.82) is 5.26 Å². The van der Waals surface area contributed by atoms with Crippen molar-refractivity contribution in [1.82, 2.24) is 24.7 Å². The molecule has 7 aliphatic rings. The molecule has 7 fully saturated rings. The number of carbonyl (C=O) groups is 1. The van der Waals surface area contributed by atoms with Crippen LogP contribution in [0.2, 0.25) is 10.0 Å². The topological polar surface area (TPSA) is 77.2 Å². The van der Waals surface area contributed by atoms with Crippen LogP contribution in [0.1, 0.15) is 93.2 Å². The van der Waals surface area contributed by atoms with Gasteiger partial charge in [0.15, 0.2) is 5.82 Å². The molecule has 6 heterocycles. The highest BCUT2D eigenvalue weighted by Crippen LogP contribution is 2.54. The van der Waals surface area contributed by atoms with Crippen LogP contribution in [0.15, 0.2) is 30.3 Å². The first-order valence-electron chi connectivity index (χ1n) is 19.6. The standard InChI is InChI=1S/C42H45Cl2FN6O/c1-22-30-18-34(40-26-15-28(50(40)42(52)23-12-13-23)21-49(20-26)27-8-3-2-4-9-27)51(39-25-17-33(39)47-19-25)41(30)31-16-24(7-6-14-46)35(37(45)38(31)48-22)29-10-5-11-32(43)36(29)44/h5,10-11,16,18,23,25-28,33,39-40,47H,2-4,6-9,12-13,15,17,19-21H2,1H3. The molecule has 3 aliphatic carbocycles. The number of hydrogen-bond donors (Lipinski definition) is 1. The third-order valence-corrected chi connectivity index (χ3v) is 14.5. The molecule has 0 radical (unpaired) electrons. The summed E-state index contributed by atoms with van der Waals surface area (Å²) in [6.07, 6.45) is 11.2. The first-order valence-corrected chi connectivity index (χ1v) is 20.4. The number of piperidine rings is 1. The Morgan fingerprint density at radius 3 is 2.60 bits per heavy atom. The summed E-state index contributed by atoms with van der Waals surface area (Å²) in [6.45, 7) is 4.95. The fourth-order valence-electron chi connectivity index (χ4n) is 11.1. The number of carbonyl (C=O) groups excluding carboxylic acids is 1. The fourth-order valence-corrected chi connectivity index (χ4v) is 11.5. The molecule has 2 aromatic carbocycles. The first kappa shape index (κ1) is 33.4. The van der Waals surface area contributed by atoms with E-state index in [1.165, 1.54) is 37.8 Å². The average Bonchev–Trinajstić information content (AvgIpc) is 3.43. The van der Waals surface area contributed by atoms with Crippen LogP contribution in [0.3, 0.4) is 0 Å². The van der Waals surface area contributed by atoms with E-state index >= 15 is 4.39 Å². The van der Waals surface area contributed by atoms with E-state index in [0.717, 1.165) is 72.9 Å². The predicted octanol–water partition coefficient (Wildman–Crippen LogP) is 8.92. The Kier molecular flexibility index (Phi) is 8.14. The number of pyridine rings is 1. The Morgan fingerprint density at radius 1 is 1.04 bits per heavy atom. The number of aromatic nitrogens is 2. The lowest BCUT2D eigenvalue weighted by molar-refractivity contribution is -0.136. The van der Waals surface area contributed by atoms with Crippen LogP contribution in [0, 0.1) is 41.8 Å². The van der Waals surface area contributed by atoms with Crippen LogP contribution < -0.4 is 5.32 Å². The average molecular weight is 740 g/mol. The van der Waals surface area contributed by atoms with E-state index in [0.29, 0.717) is 57.9 Å². The number of aryl methyl sites for hydroxylation is 2. The number of benzene rings is 2. The lowest BCUT2D eigenvalue weighted by atomic mass is 9.79. The number of rotatable bonds is 7. The molecule has 4 bridgehead atoms. The zero-order valence-electron chi connectivity index (χ0n) is 29.7. The highest BCUT2D eigenvalue weighted by atomic mass is 35.5. The summed E-state index contributed by atoms with van der Waals surface area (Å²) in [7, 11) is 0. The van der Waals surface area contributed by atoms with E-state index in [2.05, 4.69) is 37.9 Å². The molecular weight excluding hydrogens is 694 g/mol. The van der Waals surface area contributed by atoms with Gasteiger partial charge in [-0.25, -0.2) is 9.37 Å². The van der Waals surface area contributed by atoms with Crippen LogP contribution in [-0.4, -0.2) is 63.0 Å². The molecule has 52 heavy (non-hydrogen) atoms. The minimum absolute atomic E-state index is 0.0269. The van der Waals surface area contributed by atoms with Crippen molar-refractivity contribution in [3.63, 3.8) is 0 Å². The maximum Gasteiger partial charge on any atom is 0.226 e. The zero-order valence-corrected chi connectivity index (χ0v) is 31.2. The Morgan fingerprint density at radius 2 is 1.87 bits per heavy atom. The Labute approximate surface area is 314 Å². The smallest absolute Gasteiger partial charge is 0.226 e. The van der Waals surface area contributed by atoms with E-state index in [-0.39, 0.29) is 35.5 Å². The second-order valence-corrected chi connectivity index (χ2v) is 17.4. The maximum atomic E-state index is 17.3. The number of amides is 1. The molecule has 4 aliphatic heterocycles. The highest BCUT2D eigenvalue weighted by molar-refractivity contribution is 6.43. The van der Waals surface area contributed by atoms with Gasteiger partial charge in [-0.05, 0) is 87.5 Å². The van der Waals surface area contributed by atoms with Crippen LogP contribution in [0.25, 0.3) is 32.9 Å². The van der Waals surface area contributed by atoms with Gasteiger partial charge < -0.3 is 14.8 Å². The van der Waals surface area contributed by atoms with Crippen molar-refractivity contribution in [3.05, 3.63) is 63.1 Å². The molecule has 3 saturated carbocycles. The van der Waals surface area contributed by atoms with Gasteiger partial charge in [-0.15, -0.1) is 0 Å². The molecule has 0 spiro atoms. The minimum atomic E-state index is -0.436. The van der Waals surface area contributed by atoms with Gasteiger partial charge in [-0.2, -0.15) is 5.26 Å². The molecular formula is C42H45Cl2FN6O. The number of hydrogen-bond acceptors (Lipinski definition) is 5. The molecule has 2 aromatic heterocycles. The lowest BCUT2D eigenvalue weighted by Gasteiger charge is -2.40. The summed E-state index contributed by atoms with van der Waals surface area (Å²) in [5.74, 6) is 0.858. The van der Waals surface area contributed by atoms with E-state index in [1.807, 2.05) is 6.92 Å². The number of nitrogens with zero attached hydrogens (tertiary/aromatic N) is 5. The van der Waals surface area contributed by atoms with Gasteiger partial charge in [-0.3, -0.25) is 9.69 Å². The molecule has 4 saturated heterocycles. The van der Waals surface area contributed by atoms with Gasteiger partial charge in [0.1, 0.15) is 5.52 Å². The monoisotopic (exact) mass is 738 g/mol. The van der Waals surface area contributed by atoms with Gasteiger partial charge in [0.2, 0.25) is 5.91 Å². The van der Waals surface area contributed by atoms with E-state index in [1.54, 1.807) is 18.2 Å². The summed E-state index contributed by atoms with van der Waals surface area (Å²) in [5, 5.41) is 15.9. The summed E-state index contributed by atoms with van der Waals surface area (Å²) in [4.78, 5) is 24.5. The molecule has 1 amide bonds. The lowest BCUT2D eigenvalue weighted by Crippen LogP contribution is -2.48. The number of fused-ring (bicyclic) bond motifs is 6. The molecule has 270 valence electrons. The summed E-state index contributed by atoms with van der Waals surface area (Å²) in [5.41, 5.74) is 4.87. The zero-order chi connectivity index (χ0) is 35.4. The molecule has 10 heteroatoms. The van der Waals surface area contributed by atoms with Gasteiger partial charge >= 0.3 is 0 Å². The quantitative estimate of drug-likeness (QED) is 0.205.